The summed E-state index contributed by atoms with van der Waals surface area (Å²) in [6, 6.07) is 11.3. The van der Waals surface area contributed by atoms with Crippen molar-refractivity contribution >= 4 is 40.7 Å². The number of imide groups is 1. The number of carbonyl (C=O) groups is 3. The smallest absolute Gasteiger partial charge is 0.417 e. The summed E-state index contributed by atoms with van der Waals surface area (Å²) in [5.74, 6) is -0.761. The van der Waals surface area contributed by atoms with Crippen molar-refractivity contribution in [3.8, 4) is 17.6 Å². The van der Waals surface area contributed by atoms with E-state index in [4.69, 9.17) is 26.3 Å². The number of piperazine rings is 1. The molecule has 0 aromatic heterocycles. The molecule has 1 unspecified atom stereocenters. The molecule has 4 aliphatic heterocycles. The lowest BCUT2D eigenvalue weighted by Crippen LogP contribution is -2.52. The molecule has 3 amide bonds. The Morgan fingerprint density at radius 1 is 0.947 bits per heavy atom. The lowest BCUT2D eigenvalue weighted by molar-refractivity contribution is -0.138. The number of ether oxygens (including phenoxy) is 2. The zero-order valence-electron chi connectivity index (χ0n) is 31.5. The third-order valence-electron chi connectivity index (χ3n) is 11.5. The maximum absolute atomic E-state index is 15.2. The van der Waals surface area contributed by atoms with Gasteiger partial charge in [-0.15, -0.1) is 0 Å². The van der Waals surface area contributed by atoms with Gasteiger partial charge in [-0.1, -0.05) is 17.7 Å². The van der Waals surface area contributed by atoms with Crippen LogP contribution in [0.1, 0.15) is 77.1 Å². The molecule has 3 fully saturated rings. The number of benzene rings is 3. The van der Waals surface area contributed by atoms with Crippen molar-refractivity contribution in [3.63, 3.8) is 0 Å². The van der Waals surface area contributed by atoms with Crippen LogP contribution in [0.15, 0.2) is 42.5 Å². The molecule has 302 valence electrons. The van der Waals surface area contributed by atoms with Crippen LogP contribution >= 0.6 is 11.6 Å². The van der Waals surface area contributed by atoms with Crippen LogP contribution in [0, 0.1) is 17.1 Å². The number of nitriles is 1. The summed E-state index contributed by atoms with van der Waals surface area (Å²) in [7, 11) is 1.50. The number of hydrogen-bond acceptors (Lipinski definition) is 9. The van der Waals surface area contributed by atoms with Crippen LogP contribution < -0.4 is 24.6 Å². The topological polar surface area (TPSA) is 118 Å². The van der Waals surface area contributed by atoms with Gasteiger partial charge >= 0.3 is 6.18 Å². The van der Waals surface area contributed by atoms with Crippen molar-refractivity contribution in [1.82, 2.24) is 15.1 Å². The number of hydrogen-bond donors (Lipinski definition) is 1. The van der Waals surface area contributed by atoms with Gasteiger partial charge < -0.3 is 24.2 Å². The standard InChI is InChI=1S/C41H43ClF4N6O5/c1-56-35-22-34(38(42)30-24-52(40(55)37(30)35)33-8-9-36(53)48-39(33)54)51-17-15-49(16-18-51)12-2-3-19-57-28-6-7-29(32(43)21-28)25-10-13-50(14-11-25)27-5-4-26(23-47)31(20-27)41(44,45)46/h4-7,20-22,25,33H,2-3,8-19,24H2,1H3,(H,48,53,54). The maximum Gasteiger partial charge on any atom is 0.417 e. The molecule has 0 bridgehead atoms. The Kier molecular flexibility index (Phi) is 11.8. The van der Waals surface area contributed by atoms with Gasteiger partial charge in [-0.3, -0.25) is 24.6 Å². The highest BCUT2D eigenvalue weighted by Gasteiger charge is 2.42. The number of nitrogens with one attached hydrogen (secondary N) is 1. The van der Waals surface area contributed by atoms with Gasteiger partial charge in [0.05, 0.1) is 47.2 Å². The van der Waals surface area contributed by atoms with Gasteiger partial charge in [0.25, 0.3) is 5.91 Å². The molecule has 0 spiro atoms. The fraction of sp³-hybridized carbons (Fsp3) is 0.463. The SMILES string of the molecule is COc1cc(N2CCN(CCCCOc3ccc(C4CCN(c5ccc(C#N)c(C(F)(F)F)c5)CC4)c(F)c3)CC2)c(Cl)c2c1C(=O)N(C1CCC(=O)NC1=O)C2. The lowest BCUT2D eigenvalue weighted by Gasteiger charge is -2.37. The number of amides is 3. The van der Waals surface area contributed by atoms with Gasteiger partial charge in [0, 0.05) is 75.6 Å². The molecular weight excluding hydrogens is 768 g/mol. The Labute approximate surface area is 333 Å². The molecule has 3 saturated heterocycles. The van der Waals surface area contributed by atoms with E-state index in [1.54, 1.807) is 24.3 Å². The van der Waals surface area contributed by atoms with Crippen molar-refractivity contribution in [1.29, 1.82) is 5.26 Å². The number of halogens is 5. The van der Waals surface area contributed by atoms with E-state index in [1.807, 2.05) is 4.90 Å². The monoisotopic (exact) mass is 810 g/mol. The normalized spacial score (nSPS) is 19.4. The van der Waals surface area contributed by atoms with Crippen LogP contribution in [-0.4, -0.2) is 93.1 Å². The number of rotatable bonds is 11. The van der Waals surface area contributed by atoms with E-state index in [1.165, 1.54) is 30.2 Å². The molecule has 16 heteroatoms. The molecule has 4 aliphatic rings. The lowest BCUT2D eigenvalue weighted by atomic mass is 9.88. The maximum atomic E-state index is 15.2. The van der Waals surface area contributed by atoms with Crippen LogP contribution in [-0.2, 0) is 22.3 Å². The Balaban J connectivity index is 0.850. The summed E-state index contributed by atoms with van der Waals surface area (Å²) in [6.45, 7) is 5.39. The molecule has 0 aliphatic carbocycles. The molecule has 1 N–H and O–H groups in total. The van der Waals surface area contributed by atoms with E-state index in [0.29, 0.717) is 84.5 Å². The summed E-state index contributed by atoms with van der Waals surface area (Å²) in [4.78, 5) is 45.5. The first-order chi connectivity index (χ1) is 27.4. The molecule has 7 rings (SSSR count). The van der Waals surface area contributed by atoms with Gasteiger partial charge in [-0.05, 0) is 74.4 Å². The minimum Gasteiger partial charge on any atom is -0.496 e. The first-order valence-corrected chi connectivity index (χ1v) is 19.5. The third-order valence-corrected chi connectivity index (χ3v) is 11.9. The molecule has 0 saturated carbocycles. The third kappa shape index (κ3) is 8.48. The fourth-order valence-electron chi connectivity index (χ4n) is 8.34. The molecule has 4 heterocycles. The highest BCUT2D eigenvalue weighted by atomic mass is 35.5. The number of fused-ring (bicyclic) bond motifs is 1. The number of piperidine rings is 2. The zero-order chi connectivity index (χ0) is 40.4. The summed E-state index contributed by atoms with van der Waals surface area (Å²) in [6.07, 6.45) is -1.39. The van der Waals surface area contributed by atoms with Crippen LogP contribution in [0.5, 0.6) is 11.5 Å². The summed E-state index contributed by atoms with van der Waals surface area (Å²) in [5.41, 5.74) is 1.35. The first-order valence-electron chi connectivity index (χ1n) is 19.2. The van der Waals surface area contributed by atoms with E-state index >= 15 is 4.39 Å². The predicted molar refractivity (Wildman–Crippen MR) is 204 cm³/mol. The zero-order valence-corrected chi connectivity index (χ0v) is 32.2. The van der Waals surface area contributed by atoms with E-state index in [9.17, 15) is 27.6 Å². The van der Waals surface area contributed by atoms with Crippen LogP contribution in [0.2, 0.25) is 5.02 Å². The van der Waals surface area contributed by atoms with Gasteiger partial charge in [0.15, 0.2) is 0 Å². The molecular formula is C41H43ClF4N6O5. The predicted octanol–water partition coefficient (Wildman–Crippen LogP) is 6.50. The van der Waals surface area contributed by atoms with E-state index < -0.39 is 29.3 Å². The van der Waals surface area contributed by atoms with Crippen LogP contribution in [0.3, 0.4) is 0 Å². The van der Waals surface area contributed by atoms with E-state index in [2.05, 4.69) is 15.1 Å². The largest absolute Gasteiger partial charge is 0.496 e. The molecule has 1 atom stereocenters. The van der Waals surface area contributed by atoms with Crippen LogP contribution in [0.4, 0.5) is 28.9 Å². The second kappa shape index (κ2) is 16.8. The van der Waals surface area contributed by atoms with Gasteiger partial charge in [0.1, 0.15) is 23.4 Å². The molecule has 0 radical (unpaired) electrons. The van der Waals surface area contributed by atoms with Crippen molar-refractivity contribution in [2.24, 2.45) is 0 Å². The fourth-order valence-corrected chi connectivity index (χ4v) is 8.67. The number of unbranched alkanes of at least 4 members (excludes halogenated alkanes) is 1. The molecule has 3 aromatic rings. The van der Waals surface area contributed by atoms with Gasteiger partial charge in [-0.25, -0.2) is 4.39 Å². The van der Waals surface area contributed by atoms with Crippen molar-refractivity contribution < 1.29 is 41.4 Å². The van der Waals surface area contributed by atoms with E-state index in [-0.39, 0.29) is 42.9 Å². The minimum absolute atomic E-state index is 0.0726. The summed E-state index contributed by atoms with van der Waals surface area (Å²) in [5, 5.41) is 11.9. The Morgan fingerprint density at radius 3 is 2.37 bits per heavy atom. The summed E-state index contributed by atoms with van der Waals surface area (Å²) >= 11 is 6.94. The number of nitrogens with zero attached hydrogens (tertiary/aromatic N) is 5. The highest BCUT2D eigenvalue weighted by Crippen LogP contribution is 2.44. The number of carbonyl (C=O) groups excluding carboxylic acids is 3. The Morgan fingerprint density at radius 2 is 1.70 bits per heavy atom. The second-order valence-corrected chi connectivity index (χ2v) is 15.2. The van der Waals surface area contributed by atoms with Gasteiger partial charge in [0.2, 0.25) is 11.8 Å². The van der Waals surface area contributed by atoms with Crippen molar-refractivity contribution in [2.75, 3.05) is 69.3 Å². The quantitative estimate of drug-likeness (QED) is 0.132. The van der Waals surface area contributed by atoms with Gasteiger partial charge in [-0.2, -0.15) is 18.4 Å². The molecule has 11 nitrogen and oxygen atoms in total. The Hall–Kier alpha value is -5.07. The Bertz CT molecular complexity index is 2080. The van der Waals surface area contributed by atoms with Crippen LogP contribution in [0.25, 0.3) is 0 Å². The number of anilines is 2. The first kappa shape index (κ1) is 40.1. The van der Waals surface area contributed by atoms with Crippen molar-refractivity contribution in [2.45, 2.75) is 63.2 Å². The number of methoxy groups -OCH3 is 1. The van der Waals surface area contributed by atoms with Crippen molar-refractivity contribution in [3.05, 3.63) is 81.1 Å². The average molecular weight is 811 g/mol. The number of alkyl halides is 3. The average Bonchev–Trinajstić information content (AvgIpc) is 3.55. The highest BCUT2D eigenvalue weighted by molar-refractivity contribution is 6.35. The summed E-state index contributed by atoms with van der Waals surface area (Å²) < 4.78 is 67.2. The molecule has 57 heavy (non-hydrogen) atoms. The van der Waals surface area contributed by atoms with E-state index in [0.717, 1.165) is 44.2 Å². The second-order valence-electron chi connectivity index (χ2n) is 14.8. The molecule has 3 aromatic carbocycles. The minimum atomic E-state index is -4.63.